The van der Waals surface area contributed by atoms with Crippen molar-refractivity contribution in [2.45, 2.75) is 13.3 Å². The van der Waals surface area contributed by atoms with Crippen LogP contribution in [0.5, 0.6) is 0 Å². The normalized spacial score (nSPS) is 10.8. The summed E-state index contributed by atoms with van der Waals surface area (Å²) in [5.74, 6) is 1.44. The number of fused-ring (bicyclic) bond motifs is 1. The van der Waals surface area contributed by atoms with Crippen LogP contribution in [-0.4, -0.2) is 15.0 Å². The van der Waals surface area contributed by atoms with Crippen LogP contribution < -0.4 is 5.73 Å². The Bertz CT molecular complexity index is 404. The lowest BCUT2D eigenvalue weighted by molar-refractivity contribution is 1.00. The van der Waals surface area contributed by atoms with Crippen LogP contribution in [0.15, 0.2) is 12.3 Å². The van der Waals surface area contributed by atoms with Gasteiger partial charge in [0.2, 0.25) is 0 Å². The summed E-state index contributed by atoms with van der Waals surface area (Å²) in [5, 5.41) is 0. The number of nitrogens with zero attached hydrogens (tertiary/aromatic N) is 2. The predicted molar refractivity (Wildman–Crippen MR) is 47.7 cm³/mol. The second kappa shape index (κ2) is 2.48. The van der Waals surface area contributed by atoms with Gasteiger partial charge in [0.15, 0.2) is 5.82 Å². The highest BCUT2D eigenvalue weighted by Gasteiger charge is 2.03. The summed E-state index contributed by atoms with van der Waals surface area (Å²) >= 11 is 0. The van der Waals surface area contributed by atoms with Gasteiger partial charge in [0, 0.05) is 12.6 Å². The highest BCUT2D eigenvalue weighted by molar-refractivity contribution is 5.84. The summed E-state index contributed by atoms with van der Waals surface area (Å²) in [6.45, 7) is 2.04. The topological polar surface area (TPSA) is 67.6 Å². The first-order chi connectivity index (χ1) is 5.81. The van der Waals surface area contributed by atoms with E-state index in [9.17, 15) is 0 Å². The number of nitrogens with two attached hydrogens (primary N) is 1. The molecular weight excluding hydrogens is 152 g/mol. The largest absolute Gasteiger partial charge is 0.382 e. The fourth-order valence-electron chi connectivity index (χ4n) is 1.17. The lowest BCUT2D eigenvalue weighted by Gasteiger charge is -1.89. The van der Waals surface area contributed by atoms with Crippen molar-refractivity contribution < 1.29 is 0 Å². The van der Waals surface area contributed by atoms with Crippen LogP contribution >= 0.6 is 0 Å². The molecule has 0 spiro atoms. The third-order valence-electron chi connectivity index (χ3n) is 1.81. The molecule has 0 saturated carbocycles. The second-order valence-electron chi connectivity index (χ2n) is 2.63. The fourth-order valence-corrected chi connectivity index (χ4v) is 1.17. The Hall–Kier alpha value is -1.58. The van der Waals surface area contributed by atoms with Crippen molar-refractivity contribution in [3.8, 4) is 0 Å². The number of rotatable bonds is 1. The van der Waals surface area contributed by atoms with Crippen LogP contribution in [0.1, 0.15) is 12.7 Å². The molecule has 2 aromatic heterocycles. The number of anilines is 1. The molecule has 0 saturated heterocycles. The maximum atomic E-state index is 5.63. The summed E-state index contributed by atoms with van der Waals surface area (Å²) < 4.78 is 0. The number of hydrogen-bond acceptors (Lipinski definition) is 3. The molecule has 0 unspecified atom stereocenters. The summed E-state index contributed by atoms with van der Waals surface area (Å²) in [5.41, 5.74) is 7.36. The Kier molecular flexibility index (Phi) is 1.46. The van der Waals surface area contributed by atoms with E-state index in [2.05, 4.69) is 15.0 Å². The number of H-pyrrole nitrogens is 1. The monoisotopic (exact) mass is 162 g/mol. The van der Waals surface area contributed by atoms with E-state index in [4.69, 9.17) is 5.73 Å². The minimum atomic E-state index is 0.489. The fraction of sp³-hybridized carbons (Fsp3) is 0.250. The van der Waals surface area contributed by atoms with Gasteiger partial charge in [-0.05, 0) is 6.07 Å². The SMILES string of the molecule is CCc1nc2c(N)nccc2[nH]1. The van der Waals surface area contributed by atoms with E-state index < -0.39 is 0 Å². The quantitative estimate of drug-likeness (QED) is 0.659. The number of aromatic amines is 1. The Morgan fingerprint density at radius 1 is 1.58 bits per heavy atom. The number of pyridine rings is 1. The molecule has 0 aromatic carbocycles. The second-order valence-corrected chi connectivity index (χ2v) is 2.63. The van der Waals surface area contributed by atoms with Gasteiger partial charge in [0.05, 0.1) is 5.52 Å². The van der Waals surface area contributed by atoms with Crippen LogP contribution in [0.25, 0.3) is 11.0 Å². The smallest absolute Gasteiger partial charge is 0.151 e. The first kappa shape index (κ1) is 7.09. The van der Waals surface area contributed by atoms with Gasteiger partial charge in [0.25, 0.3) is 0 Å². The molecule has 2 aromatic rings. The zero-order valence-electron chi connectivity index (χ0n) is 6.83. The zero-order chi connectivity index (χ0) is 8.55. The number of aryl methyl sites for hydroxylation is 1. The van der Waals surface area contributed by atoms with Crippen molar-refractivity contribution >= 4 is 16.9 Å². The molecule has 3 N–H and O–H groups in total. The first-order valence-corrected chi connectivity index (χ1v) is 3.90. The lowest BCUT2D eigenvalue weighted by Crippen LogP contribution is -1.89. The van der Waals surface area contributed by atoms with Crippen molar-refractivity contribution in [1.82, 2.24) is 15.0 Å². The van der Waals surface area contributed by atoms with Crippen LogP contribution in [0, 0.1) is 0 Å². The number of aromatic nitrogens is 3. The summed E-state index contributed by atoms with van der Waals surface area (Å²) in [7, 11) is 0. The van der Waals surface area contributed by atoms with E-state index in [1.165, 1.54) is 0 Å². The summed E-state index contributed by atoms with van der Waals surface area (Å²) in [6.07, 6.45) is 2.56. The molecule has 0 fully saturated rings. The number of nitrogen functional groups attached to an aromatic ring is 1. The van der Waals surface area contributed by atoms with Gasteiger partial charge in [-0.2, -0.15) is 0 Å². The van der Waals surface area contributed by atoms with Crippen molar-refractivity contribution in [2.24, 2.45) is 0 Å². The van der Waals surface area contributed by atoms with Gasteiger partial charge < -0.3 is 10.7 Å². The minimum Gasteiger partial charge on any atom is -0.382 e. The van der Waals surface area contributed by atoms with E-state index in [1.807, 2.05) is 13.0 Å². The van der Waals surface area contributed by atoms with Gasteiger partial charge in [-0.1, -0.05) is 6.92 Å². The third kappa shape index (κ3) is 0.922. The molecule has 62 valence electrons. The maximum absolute atomic E-state index is 5.63. The number of hydrogen-bond donors (Lipinski definition) is 2. The van der Waals surface area contributed by atoms with Gasteiger partial charge in [-0.25, -0.2) is 9.97 Å². The molecule has 0 bridgehead atoms. The highest BCUT2D eigenvalue weighted by atomic mass is 15.0. The van der Waals surface area contributed by atoms with Crippen molar-refractivity contribution in [3.05, 3.63) is 18.1 Å². The third-order valence-corrected chi connectivity index (χ3v) is 1.81. The van der Waals surface area contributed by atoms with Crippen LogP contribution in [0.3, 0.4) is 0 Å². The van der Waals surface area contributed by atoms with Crippen LogP contribution in [0.4, 0.5) is 5.82 Å². The Morgan fingerprint density at radius 2 is 2.42 bits per heavy atom. The molecular formula is C8H10N4. The molecule has 2 heterocycles. The molecule has 12 heavy (non-hydrogen) atoms. The van der Waals surface area contributed by atoms with Crippen molar-refractivity contribution in [2.75, 3.05) is 5.73 Å². The number of imidazole rings is 1. The van der Waals surface area contributed by atoms with Crippen LogP contribution in [-0.2, 0) is 6.42 Å². The number of nitrogens with one attached hydrogen (secondary N) is 1. The Labute approximate surface area is 69.8 Å². The molecule has 0 aliphatic rings. The minimum absolute atomic E-state index is 0.489. The zero-order valence-corrected chi connectivity index (χ0v) is 6.83. The van der Waals surface area contributed by atoms with Gasteiger partial charge in [0.1, 0.15) is 11.3 Å². The van der Waals surface area contributed by atoms with Crippen molar-refractivity contribution in [3.63, 3.8) is 0 Å². The van der Waals surface area contributed by atoms with Crippen molar-refractivity contribution in [1.29, 1.82) is 0 Å². The highest BCUT2D eigenvalue weighted by Crippen LogP contribution is 2.15. The van der Waals surface area contributed by atoms with E-state index >= 15 is 0 Å². The molecule has 2 rings (SSSR count). The predicted octanol–water partition coefficient (Wildman–Crippen LogP) is 1.10. The molecule has 0 radical (unpaired) electrons. The van der Waals surface area contributed by atoms with E-state index in [0.717, 1.165) is 23.3 Å². The first-order valence-electron chi connectivity index (χ1n) is 3.90. The van der Waals surface area contributed by atoms with Gasteiger partial charge in [-0.15, -0.1) is 0 Å². The molecule has 4 nitrogen and oxygen atoms in total. The van der Waals surface area contributed by atoms with E-state index in [0.29, 0.717) is 5.82 Å². The molecule has 0 aliphatic carbocycles. The maximum Gasteiger partial charge on any atom is 0.151 e. The van der Waals surface area contributed by atoms with Gasteiger partial charge in [-0.3, -0.25) is 0 Å². The Balaban J connectivity index is 2.74. The van der Waals surface area contributed by atoms with Gasteiger partial charge >= 0.3 is 0 Å². The summed E-state index contributed by atoms with van der Waals surface area (Å²) in [4.78, 5) is 11.4. The standard InChI is InChI=1S/C8H10N4/c1-2-6-11-5-3-4-10-8(9)7(5)12-6/h3-4H,2H2,1H3,(H2,9,10)(H,11,12). The van der Waals surface area contributed by atoms with E-state index in [1.54, 1.807) is 6.20 Å². The Morgan fingerprint density at radius 3 is 3.08 bits per heavy atom. The average molecular weight is 162 g/mol. The molecule has 4 heteroatoms. The summed E-state index contributed by atoms with van der Waals surface area (Å²) in [6, 6.07) is 1.87. The van der Waals surface area contributed by atoms with E-state index in [-0.39, 0.29) is 0 Å². The average Bonchev–Trinajstić information content (AvgIpc) is 2.49. The molecule has 0 aliphatic heterocycles. The van der Waals surface area contributed by atoms with Crippen LogP contribution in [0.2, 0.25) is 0 Å². The lowest BCUT2D eigenvalue weighted by atomic mass is 10.4. The molecule has 0 atom stereocenters. The molecule has 0 amide bonds.